The molecule has 2 aromatic carbocycles. The summed E-state index contributed by atoms with van der Waals surface area (Å²) in [6.45, 7) is 4.40. The first-order valence-corrected chi connectivity index (χ1v) is 7.20. The summed E-state index contributed by atoms with van der Waals surface area (Å²) in [5, 5.41) is 3.61. The number of aryl methyl sites for hydroxylation is 1. The van der Waals surface area contributed by atoms with Crippen molar-refractivity contribution in [3.8, 4) is 5.75 Å². The summed E-state index contributed by atoms with van der Waals surface area (Å²) in [6.07, 6.45) is 2.03. The summed E-state index contributed by atoms with van der Waals surface area (Å²) in [5.41, 5.74) is 3.90. The van der Waals surface area contributed by atoms with Crippen molar-refractivity contribution in [3.05, 3.63) is 59.7 Å². The lowest BCUT2D eigenvalue weighted by atomic mass is 10.1. The third kappa shape index (κ3) is 3.77. The van der Waals surface area contributed by atoms with Crippen LogP contribution in [-0.4, -0.2) is 13.2 Å². The molecule has 0 amide bonds. The molecule has 2 rings (SSSR count). The molecule has 0 aliphatic heterocycles. The molecule has 1 unspecified atom stereocenters. The van der Waals surface area contributed by atoms with E-state index >= 15 is 0 Å². The molecule has 2 aromatic rings. The van der Waals surface area contributed by atoms with Crippen LogP contribution in [-0.2, 0) is 12.8 Å². The second kappa shape index (κ2) is 6.99. The lowest BCUT2D eigenvalue weighted by molar-refractivity contribution is 0.414. The van der Waals surface area contributed by atoms with E-state index in [1.54, 1.807) is 7.11 Å². The van der Waals surface area contributed by atoms with Crippen LogP contribution in [0, 0.1) is 0 Å². The number of hydrogen-bond donors (Lipinski definition) is 1. The molecule has 1 N–H and O–H groups in total. The first-order valence-electron chi connectivity index (χ1n) is 7.20. The molecule has 0 saturated heterocycles. The quantitative estimate of drug-likeness (QED) is 0.844. The summed E-state index contributed by atoms with van der Waals surface area (Å²) < 4.78 is 5.27. The Kier molecular flexibility index (Phi) is 5.05. The first-order chi connectivity index (χ1) is 9.72. The summed E-state index contributed by atoms with van der Waals surface area (Å²) in [5.74, 6) is 0.920. The van der Waals surface area contributed by atoms with Crippen molar-refractivity contribution >= 4 is 5.69 Å². The normalized spacial score (nSPS) is 11.9. The molecule has 0 radical (unpaired) electrons. The van der Waals surface area contributed by atoms with Gasteiger partial charge in [0.25, 0.3) is 0 Å². The highest BCUT2D eigenvalue weighted by Gasteiger charge is 2.06. The maximum absolute atomic E-state index is 5.27. The van der Waals surface area contributed by atoms with Crippen LogP contribution in [0.4, 0.5) is 5.69 Å². The molecule has 0 spiro atoms. The van der Waals surface area contributed by atoms with Crippen LogP contribution in [0.5, 0.6) is 5.75 Å². The van der Waals surface area contributed by atoms with E-state index in [1.807, 2.05) is 12.1 Å². The number of ether oxygens (including phenoxy) is 1. The molecule has 0 saturated carbocycles. The van der Waals surface area contributed by atoms with Crippen LogP contribution in [0.15, 0.2) is 48.5 Å². The van der Waals surface area contributed by atoms with Crippen molar-refractivity contribution in [2.24, 2.45) is 0 Å². The van der Waals surface area contributed by atoms with Crippen molar-refractivity contribution in [1.29, 1.82) is 0 Å². The van der Waals surface area contributed by atoms with Crippen molar-refractivity contribution in [2.75, 3.05) is 12.4 Å². The lowest BCUT2D eigenvalue weighted by Crippen LogP contribution is -2.19. The van der Waals surface area contributed by atoms with Crippen molar-refractivity contribution in [1.82, 2.24) is 0 Å². The van der Waals surface area contributed by atoms with Gasteiger partial charge in [-0.1, -0.05) is 37.3 Å². The van der Waals surface area contributed by atoms with Crippen molar-refractivity contribution in [3.63, 3.8) is 0 Å². The first kappa shape index (κ1) is 14.4. The van der Waals surface area contributed by atoms with Gasteiger partial charge in [-0.25, -0.2) is 0 Å². The summed E-state index contributed by atoms with van der Waals surface area (Å²) in [7, 11) is 1.71. The fraction of sp³-hybridized carbons (Fsp3) is 0.333. The molecule has 0 fully saturated rings. The lowest BCUT2D eigenvalue weighted by Gasteiger charge is -2.18. The summed E-state index contributed by atoms with van der Waals surface area (Å²) >= 11 is 0. The summed E-state index contributed by atoms with van der Waals surface area (Å²) in [4.78, 5) is 0. The molecule has 0 aromatic heterocycles. The predicted octanol–water partition coefficient (Wildman–Crippen LogP) is 4.30. The minimum Gasteiger partial charge on any atom is -0.497 e. The smallest absolute Gasteiger partial charge is 0.119 e. The largest absolute Gasteiger partial charge is 0.497 e. The topological polar surface area (TPSA) is 21.3 Å². The van der Waals surface area contributed by atoms with Gasteiger partial charge in [-0.2, -0.15) is 0 Å². The highest BCUT2D eigenvalue weighted by Crippen LogP contribution is 2.19. The van der Waals surface area contributed by atoms with E-state index in [0.717, 1.165) is 18.6 Å². The van der Waals surface area contributed by atoms with E-state index in [4.69, 9.17) is 4.74 Å². The van der Waals surface area contributed by atoms with Gasteiger partial charge in [-0.3, -0.25) is 0 Å². The molecule has 0 aliphatic carbocycles. The molecule has 0 bridgehead atoms. The van der Waals surface area contributed by atoms with E-state index in [9.17, 15) is 0 Å². The second-order valence-electron chi connectivity index (χ2n) is 5.11. The van der Waals surface area contributed by atoms with Crippen LogP contribution in [0.2, 0.25) is 0 Å². The molecule has 2 nitrogen and oxygen atoms in total. The van der Waals surface area contributed by atoms with Crippen molar-refractivity contribution < 1.29 is 4.74 Å². The average molecular weight is 269 g/mol. The average Bonchev–Trinajstić information content (AvgIpc) is 2.48. The van der Waals surface area contributed by atoms with Crippen molar-refractivity contribution in [2.45, 2.75) is 32.7 Å². The second-order valence-corrected chi connectivity index (χ2v) is 5.11. The molecule has 1 atom stereocenters. The van der Waals surface area contributed by atoms with Gasteiger partial charge >= 0.3 is 0 Å². The zero-order valence-corrected chi connectivity index (χ0v) is 12.5. The van der Waals surface area contributed by atoms with Gasteiger partial charge in [0, 0.05) is 11.7 Å². The Hall–Kier alpha value is -1.96. The highest BCUT2D eigenvalue weighted by atomic mass is 16.5. The third-order valence-electron chi connectivity index (χ3n) is 3.48. The zero-order valence-electron chi connectivity index (χ0n) is 12.5. The number of benzene rings is 2. The minimum absolute atomic E-state index is 0.384. The Bertz CT molecular complexity index is 551. The van der Waals surface area contributed by atoms with Crippen LogP contribution in [0.1, 0.15) is 25.0 Å². The van der Waals surface area contributed by atoms with E-state index in [2.05, 4.69) is 55.6 Å². The number of methoxy groups -OCH3 is 1. The molecule has 0 aliphatic rings. The number of nitrogens with one attached hydrogen (secondary N) is 1. The predicted molar refractivity (Wildman–Crippen MR) is 85.6 cm³/mol. The van der Waals surface area contributed by atoms with Crippen LogP contribution in [0.25, 0.3) is 0 Å². The molecule has 20 heavy (non-hydrogen) atoms. The van der Waals surface area contributed by atoms with Gasteiger partial charge in [0.05, 0.1) is 7.11 Å². The van der Waals surface area contributed by atoms with Gasteiger partial charge < -0.3 is 10.1 Å². The van der Waals surface area contributed by atoms with E-state index in [0.29, 0.717) is 6.04 Å². The standard InChI is InChI=1S/C18H23NO/c1-4-16-9-5-6-11-18(16)19-14(2)12-15-8-7-10-17(13-15)20-3/h5-11,13-14,19H,4,12H2,1-3H3. The van der Waals surface area contributed by atoms with Crippen LogP contribution >= 0.6 is 0 Å². The van der Waals surface area contributed by atoms with Gasteiger partial charge in [0.1, 0.15) is 5.75 Å². The van der Waals surface area contributed by atoms with E-state index < -0.39 is 0 Å². The number of hydrogen-bond acceptors (Lipinski definition) is 2. The van der Waals surface area contributed by atoms with E-state index in [1.165, 1.54) is 16.8 Å². The minimum atomic E-state index is 0.384. The highest BCUT2D eigenvalue weighted by molar-refractivity contribution is 5.51. The van der Waals surface area contributed by atoms with E-state index in [-0.39, 0.29) is 0 Å². The third-order valence-corrected chi connectivity index (χ3v) is 3.48. The monoisotopic (exact) mass is 269 g/mol. The maximum Gasteiger partial charge on any atom is 0.119 e. The zero-order chi connectivity index (χ0) is 14.4. The fourth-order valence-electron chi connectivity index (χ4n) is 2.44. The van der Waals surface area contributed by atoms with Gasteiger partial charge in [-0.05, 0) is 49.1 Å². The molecule has 106 valence electrons. The fourth-order valence-corrected chi connectivity index (χ4v) is 2.44. The summed E-state index contributed by atoms with van der Waals surface area (Å²) in [6, 6.07) is 17.2. The molecule has 0 heterocycles. The number of rotatable bonds is 6. The number of anilines is 1. The Morgan fingerprint density at radius 2 is 1.90 bits per heavy atom. The Labute approximate surface area is 121 Å². The Morgan fingerprint density at radius 1 is 1.10 bits per heavy atom. The Morgan fingerprint density at radius 3 is 2.65 bits per heavy atom. The van der Waals surface area contributed by atoms with Crippen LogP contribution in [0.3, 0.4) is 0 Å². The van der Waals surface area contributed by atoms with Crippen LogP contribution < -0.4 is 10.1 Å². The maximum atomic E-state index is 5.27. The number of para-hydroxylation sites is 1. The van der Waals surface area contributed by atoms with Gasteiger partial charge in [-0.15, -0.1) is 0 Å². The molecular weight excluding hydrogens is 246 g/mol. The molecular formula is C18H23NO. The Balaban J connectivity index is 2.03. The van der Waals surface area contributed by atoms with Gasteiger partial charge in [0.2, 0.25) is 0 Å². The van der Waals surface area contributed by atoms with Gasteiger partial charge in [0.15, 0.2) is 0 Å². The SMILES string of the molecule is CCc1ccccc1NC(C)Cc1cccc(OC)c1. The molecule has 2 heteroatoms.